The van der Waals surface area contributed by atoms with E-state index in [1.807, 2.05) is 0 Å². The van der Waals surface area contributed by atoms with E-state index in [9.17, 15) is 12.8 Å². The third-order valence-corrected chi connectivity index (χ3v) is 4.78. The monoisotopic (exact) mass is 343 g/mol. The van der Waals surface area contributed by atoms with Crippen LogP contribution in [-0.2, 0) is 16.4 Å². The van der Waals surface area contributed by atoms with Gasteiger partial charge in [0.2, 0.25) is 10.0 Å². The van der Waals surface area contributed by atoms with Crippen LogP contribution in [0.5, 0.6) is 5.75 Å². The summed E-state index contributed by atoms with van der Waals surface area (Å²) in [6.45, 7) is 0.130. The van der Waals surface area contributed by atoms with Crippen molar-refractivity contribution in [2.45, 2.75) is 11.3 Å². The van der Waals surface area contributed by atoms with Crippen molar-refractivity contribution in [2.75, 3.05) is 13.7 Å². The van der Waals surface area contributed by atoms with Crippen LogP contribution < -0.4 is 9.46 Å². The number of benzene rings is 2. The molecule has 4 nitrogen and oxygen atoms in total. The van der Waals surface area contributed by atoms with Crippen LogP contribution in [-0.4, -0.2) is 22.1 Å². The summed E-state index contributed by atoms with van der Waals surface area (Å²) in [7, 11) is -2.14. The standard InChI is InChI=1S/C15H15ClFNO3S/c1-21-15-7-4-13(17)10-11(15)8-9-18-22(19,20)14-5-2-12(16)3-6-14/h2-7,10,18H,8-9H2,1H3. The minimum absolute atomic E-state index is 0.128. The van der Waals surface area contributed by atoms with Gasteiger partial charge in [-0.3, -0.25) is 0 Å². The zero-order valence-corrected chi connectivity index (χ0v) is 13.4. The third-order valence-electron chi connectivity index (χ3n) is 3.05. The molecule has 2 aromatic rings. The molecule has 1 N–H and O–H groups in total. The minimum atomic E-state index is -3.62. The van der Waals surface area contributed by atoms with Crippen molar-refractivity contribution in [1.82, 2.24) is 4.72 Å². The van der Waals surface area contributed by atoms with Crippen LogP contribution in [0.15, 0.2) is 47.4 Å². The first-order chi connectivity index (χ1) is 10.4. The van der Waals surface area contributed by atoms with E-state index in [2.05, 4.69) is 4.72 Å². The fourth-order valence-corrected chi connectivity index (χ4v) is 3.12. The molecule has 0 aromatic heterocycles. The molecule has 0 atom stereocenters. The lowest BCUT2D eigenvalue weighted by molar-refractivity contribution is 0.408. The Labute approximate surface area is 133 Å². The van der Waals surface area contributed by atoms with E-state index in [0.717, 1.165) is 0 Å². The third kappa shape index (κ3) is 4.19. The fraction of sp³-hybridized carbons (Fsp3) is 0.200. The number of methoxy groups -OCH3 is 1. The number of nitrogens with one attached hydrogen (secondary N) is 1. The highest BCUT2D eigenvalue weighted by Crippen LogP contribution is 2.20. The predicted molar refractivity (Wildman–Crippen MR) is 83.3 cm³/mol. The molecule has 0 aliphatic carbocycles. The molecular weight excluding hydrogens is 329 g/mol. The first-order valence-corrected chi connectivity index (χ1v) is 8.36. The van der Waals surface area contributed by atoms with Crippen molar-refractivity contribution in [3.63, 3.8) is 0 Å². The van der Waals surface area contributed by atoms with Gasteiger partial charge in [-0.15, -0.1) is 0 Å². The van der Waals surface area contributed by atoms with E-state index in [-0.39, 0.29) is 11.4 Å². The Hall–Kier alpha value is -1.63. The number of ether oxygens (including phenoxy) is 1. The maximum Gasteiger partial charge on any atom is 0.240 e. The largest absolute Gasteiger partial charge is 0.496 e. The van der Waals surface area contributed by atoms with Gasteiger partial charge in [0.25, 0.3) is 0 Å². The normalized spacial score (nSPS) is 11.4. The van der Waals surface area contributed by atoms with Gasteiger partial charge in [-0.05, 0) is 54.4 Å². The second-order valence-corrected chi connectivity index (χ2v) is 6.76. The highest BCUT2D eigenvalue weighted by atomic mass is 35.5. The first kappa shape index (κ1) is 16.7. The Bertz CT molecular complexity index is 748. The lowest BCUT2D eigenvalue weighted by atomic mass is 10.1. The van der Waals surface area contributed by atoms with E-state index in [1.165, 1.54) is 49.6 Å². The van der Waals surface area contributed by atoms with Crippen molar-refractivity contribution in [3.05, 3.63) is 58.9 Å². The van der Waals surface area contributed by atoms with Crippen LogP contribution in [0.25, 0.3) is 0 Å². The van der Waals surface area contributed by atoms with Crippen LogP contribution in [0, 0.1) is 5.82 Å². The molecule has 118 valence electrons. The summed E-state index contributed by atoms with van der Waals surface area (Å²) in [6.07, 6.45) is 0.313. The summed E-state index contributed by atoms with van der Waals surface area (Å²) < 4.78 is 45.0. The van der Waals surface area contributed by atoms with Crippen LogP contribution in [0.4, 0.5) is 4.39 Å². The quantitative estimate of drug-likeness (QED) is 0.877. The smallest absolute Gasteiger partial charge is 0.240 e. The topological polar surface area (TPSA) is 55.4 Å². The van der Waals surface area contributed by atoms with E-state index >= 15 is 0 Å². The number of hydrogen-bond donors (Lipinski definition) is 1. The molecule has 22 heavy (non-hydrogen) atoms. The van der Waals surface area contributed by atoms with Crippen molar-refractivity contribution >= 4 is 21.6 Å². The molecule has 0 radical (unpaired) electrons. The summed E-state index contributed by atoms with van der Waals surface area (Å²) >= 11 is 5.73. The zero-order valence-electron chi connectivity index (χ0n) is 11.8. The highest BCUT2D eigenvalue weighted by Gasteiger charge is 2.13. The van der Waals surface area contributed by atoms with Crippen LogP contribution >= 0.6 is 11.6 Å². The van der Waals surface area contributed by atoms with Crippen molar-refractivity contribution in [3.8, 4) is 5.75 Å². The molecule has 2 aromatic carbocycles. The van der Waals surface area contributed by atoms with E-state index in [1.54, 1.807) is 0 Å². The van der Waals surface area contributed by atoms with Gasteiger partial charge >= 0.3 is 0 Å². The Morgan fingerprint density at radius 1 is 1.18 bits per heavy atom. The van der Waals surface area contributed by atoms with Crippen molar-refractivity contribution in [2.24, 2.45) is 0 Å². The summed E-state index contributed by atoms with van der Waals surface area (Å²) in [5, 5.41) is 0.462. The van der Waals surface area contributed by atoms with Crippen LogP contribution in [0.3, 0.4) is 0 Å². The van der Waals surface area contributed by atoms with Crippen molar-refractivity contribution < 1.29 is 17.5 Å². The predicted octanol–water partition coefficient (Wildman–Crippen LogP) is 3.01. The zero-order chi connectivity index (χ0) is 16.2. The molecule has 0 spiro atoms. The number of sulfonamides is 1. The fourth-order valence-electron chi connectivity index (χ4n) is 1.96. The number of halogens is 2. The van der Waals surface area contributed by atoms with Crippen LogP contribution in [0.2, 0.25) is 5.02 Å². The SMILES string of the molecule is COc1ccc(F)cc1CCNS(=O)(=O)c1ccc(Cl)cc1. The molecular formula is C15H15ClFNO3S. The maximum absolute atomic E-state index is 13.2. The van der Waals surface area contributed by atoms with E-state index in [4.69, 9.17) is 16.3 Å². The van der Waals surface area contributed by atoms with E-state index in [0.29, 0.717) is 22.8 Å². The van der Waals surface area contributed by atoms with E-state index < -0.39 is 15.8 Å². The minimum Gasteiger partial charge on any atom is -0.496 e. The van der Waals surface area contributed by atoms with Crippen molar-refractivity contribution in [1.29, 1.82) is 0 Å². The second-order valence-electron chi connectivity index (χ2n) is 4.56. The molecule has 7 heteroatoms. The first-order valence-electron chi connectivity index (χ1n) is 6.50. The molecule has 0 heterocycles. The average Bonchev–Trinajstić information content (AvgIpc) is 2.48. The lowest BCUT2D eigenvalue weighted by Crippen LogP contribution is -2.26. The summed E-state index contributed by atoms with van der Waals surface area (Å²) in [5.41, 5.74) is 0.598. The molecule has 0 bridgehead atoms. The van der Waals surface area contributed by atoms with Gasteiger partial charge in [-0.2, -0.15) is 0 Å². The van der Waals surface area contributed by atoms with Gasteiger partial charge in [0.05, 0.1) is 12.0 Å². The van der Waals surface area contributed by atoms with Gasteiger partial charge < -0.3 is 4.74 Å². The molecule has 0 aliphatic rings. The molecule has 0 fully saturated rings. The second kappa shape index (κ2) is 7.09. The molecule has 0 aliphatic heterocycles. The Morgan fingerprint density at radius 2 is 1.86 bits per heavy atom. The molecule has 2 rings (SSSR count). The lowest BCUT2D eigenvalue weighted by Gasteiger charge is -2.10. The summed E-state index contributed by atoms with van der Waals surface area (Å²) in [4.78, 5) is 0.128. The Balaban J connectivity index is 2.04. The van der Waals surface area contributed by atoms with Gasteiger partial charge in [0.15, 0.2) is 0 Å². The highest BCUT2D eigenvalue weighted by molar-refractivity contribution is 7.89. The maximum atomic E-state index is 13.2. The Morgan fingerprint density at radius 3 is 2.50 bits per heavy atom. The molecule has 0 amide bonds. The van der Waals surface area contributed by atoms with Crippen LogP contribution in [0.1, 0.15) is 5.56 Å². The molecule has 0 unspecified atom stereocenters. The van der Waals surface area contributed by atoms with Gasteiger partial charge in [0.1, 0.15) is 11.6 Å². The van der Waals surface area contributed by atoms with Gasteiger partial charge in [-0.1, -0.05) is 11.6 Å². The summed E-state index contributed by atoms with van der Waals surface area (Å²) in [6, 6.07) is 9.99. The summed E-state index contributed by atoms with van der Waals surface area (Å²) in [5.74, 6) is 0.128. The average molecular weight is 344 g/mol. The Kier molecular flexibility index (Phi) is 5.39. The van der Waals surface area contributed by atoms with Gasteiger partial charge in [0, 0.05) is 11.6 Å². The molecule has 0 saturated carbocycles. The number of hydrogen-bond acceptors (Lipinski definition) is 3. The molecule has 0 saturated heterocycles. The number of rotatable bonds is 6. The van der Waals surface area contributed by atoms with Gasteiger partial charge in [-0.25, -0.2) is 17.5 Å².